The number of rotatable bonds is 11. The van der Waals surface area contributed by atoms with E-state index < -0.39 is 11.8 Å². The zero-order valence-corrected chi connectivity index (χ0v) is 24.5. The number of methoxy groups -OCH3 is 1. The highest BCUT2D eigenvalue weighted by Crippen LogP contribution is 2.29. The Bertz CT molecular complexity index is 1550. The minimum absolute atomic E-state index is 0.0472. The zero-order chi connectivity index (χ0) is 29.2. The van der Waals surface area contributed by atoms with Crippen LogP contribution in [0.4, 0.5) is 10.8 Å². The predicted octanol–water partition coefficient (Wildman–Crippen LogP) is 6.38. The molecule has 8 nitrogen and oxygen atoms in total. The van der Waals surface area contributed by atoms with Crippen LogP contribution in [0, 0.1) is 6.92 Å². The van der Waals surface area contributed by atoms with Crippen molar-refractivity contribution in [2.75, 3.05) is 17.7 Å². The smallest absolute Gasteiger partial charge is 0.272 e. The number of para-hydroxylation sites is 1. The van der Waals surface area contributed by atoms with E-state index >= 15 is 0 Å². The highest BCUT2D eigenvalue weighted by atomic mass is 32.2. The second-order valence-electron chi connectivity index (χ2n) is 8.90. The summed E-state index contributed by atoms with van der Waals surface area (Å²) in [7, 11) is 1.54. The molecule has 0 aliphatic carbocycles. The quantitative estimate of drug-likeness (QED) is 0.139. The van der Waals surface area contributed by atoms with Crippen molar-refractivity contribution in [1.82, 2.24) is 10.3 Å². The van der Waals surface area contributed by atoms with Gasteiger partial charge in [-0.1, -0.05) is 49.4 Å². The third-order valence-electron chi connectivity index (χ3n) is 5.85. The topological polar surface area (TPSA) is 109 Å². The molecule has 4 rings (SSSR count). The van der Waals surface area contributed by atoms with Crippen molar-refractivity contribution in [3.63, 3.8) is 0 Å². The molecule has 0 fully saturated rings. The van der Waals surface area contributed by atoms with Crippen molar-refractivity contribution < 1.29 is 19.1 Å². The molecule has 0 aliphatic rings. The van der Waals surface area contributed by atoms with Gasteiger partial charge in [-0.2, -0.15) is 0 Å². The maximum absolute atomic E-state index is 13.5. The van der Waals surface area contributed by atoms with Gasteiger partial charge in [0.15, 0.2) is 5.13 Å². The molecular weight excluding hydrogens is 556 g/mol. The Hall–Kier alpha value is -4.41. The Morgan fingerprint density at radius 2 is 1.76 bits per heavy atom. The molecule has 1 aromatic heterocycles. The first-order valence-electron chi connectivity index (χ1n) is 12.9. The Kier molecular flexibility index (Phi) is 10.3. The molecule has 0 spiro atoms. The van der Waals surface area contributed by atoms with E-state index in [1.807, 2.05) is 43.5 Å². The molecule has 4 aromatic rings. The van der Waals surface area contributed by atoms with E-state index in [0.717, 1.165) is 10.6 Å². The van der Waals surface area contributed by atoms with Gasteiger partial charge in [-0.05, 0) is 55.8 Å². The highest BCUT2D eigenvalue weighted by Gasteiger charge is 2.20. The first-order valence-corrected chi connectivity index (χ1v) is 14.6. The summed E-state index contributed by atoms with van der Waals surface area (Å²) in [6, 6.07) is 23.1. The van der Waals surface area contributed by atoms with Gasteiger partial charge in [-0.3, -0.25) is 14.4 Å². The lowest BCUT2D eigenvalue weighted by atomic mass is 10.1. The van der Waals surface area contributed by atoms with Crippen LogP contribution in [-0.4, -0.2) is 35.1 Å². The summed E-state index contributed by atoms with van der Waals surface area (Å²) < 4.78 is 5.43. The number of carbonyl (C=O) groups excluding carboxylic acids is 3. The van der Waals surface area contributed by atoms with Crippen LogP contribution in [0.1, 0.15) is 35.0 Å². The highest BCUT2D eigenvalue weighted by molar-refractivity contribution is 8.00. The lowest BCUT2D eigenvalue weighted by Gasteiger charge is -2.15. The molecule has 1 unspecified atom stereocenters. The average molecular weight is 587 g/mol. The van der Waals surface area contributed by atoms with Crippen molar-refractivity contribution >= 4 is 57.7 Å². The summed E-state index contributed by atoms with van der Waals surface area (Å²) in [4.78, 5) is 44.4. The number of nitrogens with one attached hydrogen (secondary N) is 3. The van der Waals surface area contributed by atoms with Gasteiger partial charge in [-0.15, -0.1) is 23.1 Å². The number of hydrogen-bond acceptors (Lipinski definition) is 7. The van der Waals surface area contributed by atoms with E-state index in [2.05, 4.69) is 20.9 Å². The Labute approximate surface area is 247 Å². The van der Waals surface area contributed by atoms with Crippen molar-refractivity contribution in [2.45, 2.75) is 30.4 Å². The molecule has 3 amide bonds. The largest absolute Gasteiger partial charge is 0.496 e. The monoisotopic (exact) mass is 586 g/mol. The van der Waals surface area contributed by atoms with E-state index in [4.69, 9.17) is 4.74 Å². The van der Waals surface area contributed by atoms with Gasteiger partial charge < -0.3 is 20.7 Å². The number of anilines is 2. The third kappa shape index (κ3) is 8.29. The summed E-state index contributed by atoms with van der Waals surface area (Å²) in [6.07, 6.45) is 2.18. The number of amides is 3. The summed E-state index contributed by atoms with van der Waals surface area (Å²) in [5.41, 5.74) is 2.47. The number of aromatic nitrogens is 1. The van der Waals surface area contributed by atoms with E-state index in [9.17, 15) is 14.4 Å². The summed E-state index contributed by atoms with van der Waals surface area (Å²) in [5, 5.41) is 10.6. The molecule has 1 heterocycles. The normalized spacial score (nSPS) is 11.8. The Balaban J connectivity index is 1.52. The summed E-state index contributed by atoms with van der Waals surface area (Å²) >= 11 is 2.79. The van der Waals surface area contributed by atoms with Crippen molar-refractivity contribution in [3.05, 3.63) is 107 Å². The average Bonchev–Trinajstić information content (AvgIpc) is 3.40. The lowest BCUT2D eigenvalue weighted by Crippen LogP contribution is -2.30. The maximum Gasteiger partial charge on any atom is 0.272 e. The number of ether oxygens (including phenoxy) is 1. The molecule has 0 bridgehead atoms. The molecule has 0 aliphatic heterocycles. The number of benzene rings is 3. The molecule has 0 radical (unpaired) electrons. The summed E-state index contributed by atoms with van der Waals surface area (Å²) in [5.74, 6) is -0.501. The van der Waals surface area contributed by atoms with Crippen LogP contribution in [0.15, 0.2) is 94.8 Å². The van der Waals surface area contributed by atoms with Crippen LogP contribution in [0.3, 0.4) is 0 Å². The standard InChI is InChI=1S/C31H30N4O4S2/c1-4-27(30(38)35-31-32-20(2)19-40-31)41-24-15-10-14-23(18-24)33-29(37)25(17-22-13-8-9-16-26(22)39-3)34-28(36)21-11-6-5-7-12-21/h5-19,27H,4H2,1-3H3,(H,33,37)(H,34,36)(H,32,35,38)/b25-17+. The molecule has 0 saturated carbocycles. The third-order valence-corrected chi connectivity index (χ3v) is 8.08. The second kappa shape index (κ2) is 14.3. The van der Waals surface area contributed by atoms with Gasteiger partial charge in [0.25, 0.3) is 11.8 Å². The van der Waals surface area contributed by atoms with Crippen LogP contribution >= 0.6 is 23.1 Å². The van der Waals surface area contributed by atoms with Gasteiger partial charge in [-0.25, -0.2) is 4.98 Å². The number of aryl methyl sites for hydroxylation is 1. The number of hydrogen-bond donors (Lipinski definition) is 3. The first kappa shape index (κ1) is 29.6. The van der Waals surface area contributed by atoms with E-state index in [-0.39, 0.29) is 16.9 Å². The van der Waals surface area contributed by atoms with Gasteiger partial charge in [0.1, 0.15) is 11.4 Å². The Morgan fingerprint density at radius 3 is 2.46 bits per heavy atom. The molecular formula is C31H30N4O4S2. The van der Waals surface area contributed by atoms with Gasteiger partial charge in [0, 0.05) is 27.1 Å². The van der Waals surface area contributed by atoms with Crippen LogP contribution in [0.5, 0.6) is 5.75 Å². The van der Waals surface area contributed by atoms with Crippen LogP contribution < -0.4 is 20.7 Å². The number of thioether (sulfide) groups is 1. The lowest BCUT2D eigenvalue weighted by molar-refractivity contribution is -0.116. The van der Waals surface area contributed by atoms with Gasteiger partial charge >= 0.3 is 0 Å². The van der Waals surface area contributed by atoms with E-state index in [0.29, 0.717) is 34.1 Å². The number of thiazole rings is 1. The molecule has 3 N–H and O–H groups in total. The zero-order valence-electron chi connectivity index (χ0n) is 22.8. The fourth-order valence-corrected chi connectivity index (χ4v) is 5.52. The number of nitrogens with zero attached hydrogens (tertiary/aromatic N) is 1. The van der Waals surface area contributed by atoms with Crippen LogP contribution in [-0.2, 0) is 9.59 Å². The predicted molar refractivity (Wildman–Crippen MR) is 165 cm³/mol. The molecule has 10 heteroatoms. The minimum Gasteiger partial charge on any atom is -0.496 e. The molecule has 41 heavy (non-hydrogen) atoms. The SMILES string of the molecule is CCC(Sc1cccc(NC(=O)/C(=C\c2ccccc2OC)NC(=O)c2ccccc2)c1)C(=O)Nc1nc(C)cs1. The Morgan fingerprint density at radius 1 is 1.00 bits per heavy atom. The van der Waals surface area contributed by atoms with Crippen molar-refractivity contribution in [2.24, 2.45) is 0 Å². The number of carbonyl (C=O) groups is 3. The van der Waals surface area contributed by atoms with Crippen molar-refractivity contribution in [1.29, 1.82) is 0 Å². The minimum atomic E-state index is -0.508. The molecule has 1 atom stereocenters. The molecule has 0 saturated heterocycles. The van der Waals surface area contributed by atoms with Gasteiger partial charge in [0.05, 0.1) is 18.1 Å². The summed E-state index contributed by atoms with van der Waals surface area (Å²) in [6.45, 7) is 3.82. The van der Waals surface area contributed by atoms with Crippen LogP contribution in [0.2, 0.25) is 0 Å². The molecule has 3 aromatic carbocycles. The van der Waals surface area contributed by atoms with Crippen molar-refractivity contribution in [3.8, 4) is 5.75 Å². The fourth-order valence-electron chi connectivity index (χ4n) is 3.81. The van der Waals surface area contributed by atoms with Crippen LogP contribution in [0.25, 0.3) is 6.08 Å². The maximum atomic E-state index is 13.5. The van der Waals surface area contributed by atoms with E-state index in [1.165, 1.54) is 23.1 Å². The van der Waals surface area contributed by atoms with Gasteiger partial charge in [0.2, 0.25) is 5.91 Å². The first-order chi connectivity index (χ1) is 19.9. The molecule has 210 valence electrons. The fraction of sp³-hybridized carbons (Fsp3) is 0.161. The second-order valence-corrected chi connectivity index (χ2v) is 11.0. The van der Waals surface area contributed by atoms with E-state index in [1.54, 1.807) is 67.8 Å².